The van der Waals surface area contributed by atoms with Gasteiger partial charge in [-0.25, -0.2) is 17.4 Å². The monoisotopic (exact) mass is 608 g/mol. The number of rotatable bonds is 8. The Hall–Kier alpha value is -4.90. The van der Waals surface area contributed by atoms with Crippen LogP contribution in [0, 0.1) is 6.92 Å². The Bertz CT molecular complexity index is 2010. The Labute approximate surface area is 255 Å². The zero-order chi connectivity index (χ0) is 30.4. The smallest absolute Gasteiger partial charge is 0.269 e. The van der Waals surface area contributed by atoms with Crippen molar-refractivity contribution in [1.29, 1.82) is 0 Å². The molecule has 44 heavy (non-hydrogen) atoms. The molecule has 3 heterocycles. The van der Waals surface area contributed by atoms with Gasteiger partial charge in [0.1, 0.15) is 17.3 Å². The van der Waals surface area contributed by atoms with Crippen molar-refractivity contribution in [3.8, 4) is 11.5 Å². The van der Waals surface area contributed by atoms with Crippen LogP contribution in [0.1, 0.15) is 36.6 Å². The summed E-state index contributed by atoms with van der Waals surface area (Å²) in [5.74, 6) is 2.52. The lowest BCUT2D eigenvalue weighted by Gasteiger charge is -2.32. The topological polar surface area (TPSA) is 104 Å². The number of nitrogens with zero attached hydrogens (tertiary/aromatic N) is 6. The van der Waals surface area contributed by atoms with Gasteiger partial charge in [-0.3, -0.25) is 4.40 Å². The number of anilines is 2. The van der Waals surface area contributed by atoms with Crippen molar-refractivity contribution in [2.45, 2.75) is 43.0 Å². The number of hydrogen-bond donors (Lipinski definition) is 0. The van der Waals surface area contributed by atoms with Crippen LogP contribution >= 0.6 is 0 Å². The van der Waals surface area contributed by atoms with E-state index in [2.05, 4.69) is 44.3 Å². The molecule has 10 nitrogen and oxygen atoms in total. The number of fused-ring (bicyclic) bond motifs is 3. The molecule has 7 rings (SSSR count). The van der Waals surface area contributed by atoms with Gasteiger partial charge in [-0.15, -0.1) is 10.2 Å². The summed E-state index contributed by atoms with van der Waals surface area (Å²) in [4.78, 5) is 7.08. The summed E-state index contributed by atoms with van der Waals surface area (Å²) in [6, 6.07) is 25.0. The lowest BCUT2D eigenvalue weighted by Crippen LogP contribution is -2.28. The zero-order valence-electron chi connectivity index (χ0n) is 24.7. The second-order valence-electron chi connectivity index (χ2n) is 11.1. The molecule has 3 aromatic carbocycles. The fourth-order valence-corrected chi connectivity index (χ4v) is 7.51. The van der Waals surface area contributed by atoms with Gasteiger partial charge in [0.05, 0.1) is 30.8 Å². The van der Waals surface area contributed by atoms with Gasteiger partial charge in [-0.1, -0.05) is 17.7 Å². The molecule has 0 amide bonds. The predicted octanol–water partition coefficient (Wildman–Crippen LogP) is 6.12. The molecule has 1 saturated carbocycles. The first-order valence-corrected chi connectivity index (χ1v) is 15.9. The van der Waals surface area contributed by atoms with E-state index < -0.39 is 10.0 Å². The number of hydrogen-bond acceptors (Lipinski definition) is 8. The zero-order valence-corrected chi connectivity index (χ0v) is 25.5. The minimum atomic E-state index is -3.84. The summed E-state index contributed by atoms with van der Waals surface area (Å²) in [7, 11) is -0.507. The van der Waals surface area contributed by atoms with E-state index in [9.17, 15) is 8.42 Å². The summed E-state index contributed by atoms with van der Waals surface area (Å²) in [6.45, 7) is 1.92. The maximum Gasteiger partial charge on any atom is 0.269 e. The second kappa shape index (κ2) is 11.0. The van der Waals surface area contributed by atoms with Gasteiger partial charge < -0.3 is 14.4 Å². The molecule has 0 saturated heterocycles. The van der Waals surface area contributed by atoms with E-state index in [0.717, 1.165) is 53.5 Å². The molecule has 1 aliphatic rings. The minimum Gasteiger partial charge on any atom is -0.497 e. The molecular weight excluding hydrogens is 576 g/mol. The minimum absolute atomic E-state index is 0.108. The summed E-state index contributed by atoms with van der Waals surface area (Å²) >= 11 is 0. The van der Waals surface area contributed by atoms with E-state index in [4.69, 9.17) is 9.47 Å². The molecule has 0 aliphatic heterocycles. The SMILES string of the molecule is COc1ccc(N(c2ccc(OC)cc2)[C@@H]2CC[C@@H](c3nnc4cnc5c(ccn5S(=O)(=O)c5ccc(C)cc5)n34)C2)cc1. The van der Waals surface area contributed by atoms with Crippen molar-refractivity contribution in [1.82, 2.24) is 23.6 Å². The normalized spacial score (nSPS) is 16.9. The Balaban J connectivity index is 1.25. The molecule has 2 atom stereocenters. The van der Waals surface area contributed by atoms with Gasteiger partial charge in [0.15, 0.2) is 11.3 Å². The third-order valence-electron chi connectivity index (χ3n) is 8.48. The number of aryl methyl sites for hydroxylation is 1. The summed E-state index contributed by atoms with van der Waals surface area (Å²) in [5.41, 5.74) is 4.71. The molecule has 11 heteroatoms. The summed E-state index contributed by atoms with van der Waals surface area (Å²) in [6.07, 6.45) is 5.83. The molecule has 3 aromatic heterocycles. The molecule has 0 bridgehead atoms. The standard InChI is InChI=1S/C33H32N6O4S/c1-22-4-16-29(17-5-22)44(40,41)37-19-18-30-33(37)34-21-31-35-36-32(39(30)31)23-6-7-26(20-23)38(24-8-12-27(42-2)13-9-24)25-10-14-28(43-3)15-11-25/h4-5,8-19,21,23,26H,6-7,20H2,1-3H3/t23-,26-/m1/s1. The van der Waals surface area contributed by atoms with Gasteiger partial charge in [-0.05, 0) is 92.9 Å². The van der Waals surface area contributed by atoms with Gasteiger partial charge in [0.2, 0.25) is 0 Å². The van der Waals surface area contributed by atoms with E-state index >= 15 is 0 Å². The van der Waals surface area contributed by atoms with Gasteiger partial charge >= 0.3 is 0 Å². The number of benzene rings is 3. The quantitative estimate of drug-likeness (QED) is 0.204. The second-order valence-corrected chi connectivity index (χ2v) is 12.9. The molecule has 0 radical (unpaired) electrons. The van der Waals surface area contributed by atoms with Crippen LogP contribution in [0.2, 0.25) is 0 Å². The van der Waals surface area contributed by atoms with Crippen LogP contribution in [0.5, 0.6) is 11.5 Å². The maximum atomic E-state index is 13.6. The molecule has 224 valence electrons. The van der Waals surface area contributed by atoms with Crippen LogP contribution in [-0.2, 0) is 10.0 Å². The fraction of sp³-hybridized carbons (Fsp3) is 0.242. The first kappa shape index (κ1) is 27.9. The number of methoxy groups -OCH3 is 2. The molecule has 0 unspecified atom stereocenters. The first-order chi connectivity index (χ1) is 21.4. The van der Waals surface area contributed by atoms with Crippen molar-refractivity contribution in [3.05, 3.63) is 103 Å². The van der Waals surface area contributed by atoms with Crippen molar-refractivity contribution in [2.75, 3.05) is 19.1 Å². The molecule has 0 N–H and O–H groups in total. The van der Waals surface area contributed by atoms with Crippen LogP contribution in [-0.4, -0.2) is 52.2 Å². The highest BCUT2D eigenvalue weighted by Crippen LogP contribution is 2.42. The average Bonchev–Trinajstić information content (AvgIpc) is 3.80. The van der Waals surface area contributed by atoms with Crippen LogP contribution in [0.4, 0.5) is 11.4 Å². The largest absolute Gasteiger partial charge is 0.497 e. The van der Waals surface area contributed by atoms with E-state index in [1.54, 1.807) is 56.9 Å². The predicted molar refractivity (Wildman–Crippen MR) is 169 cm³/mol. The summed E-state index contributed by atoms with van der Waals surface area (Å²) in [5, 5.41) is 9.04. The first-order valence-electron chi connectivity index (χ1n) is 14.5. The van der Waals surface area contributed by atoms with Crippen molar-refractivity contribution in [2.24, 2.45) is 0 Å². The third-order valence-corrected chi connectivity index (χ3v) is 10.2. The Kier molecular flexibility index (Phi) is 6.97. The average molecular weight is 609 g/mol. The Morgan fingerprint density at radius 3 is 2.07 bits per heavy atom. The molecule has 6 aromatic rings. The highest BCUT2D eigenvalue weighted by molar-refractivity contribution is 7.90. The van der Waals surface area contributed by atoms with Gasteiger partial charge in [0.25, 0.3) is 10.0 Å². The van der Waals surface area contributed by atoms with Crippen molar-refractivity contribution >= 4 is 38.2 Å². The number of aromatic nitrogens is 5. The van der Waals surface area contributed by atoms with Gasteiger partial charge in [-0.2, -0.15) is 0 Å². The van der Waals surface area contributed by atoms with Crippen LogP contribution in [0.25, 0.3) is 16.8 Å². The highest BCUT2D eigenvalue weighted by atomic mass is 32.2. The molecule has 0 spiro atoms. The van der Waals surface area contributed by atoms with Crippen LogP contribution < -0.4 is 14.4 Å². The molecule has 1 aliphatic carbocycles. The van der Waals surface area contributed by atoms with E-state index in [0.29, 0.717) is 16.8 Å². The Morgan fingerprint density at radius 2 is 1.45 bits per heavy atom. The Morgan fingerprint density at radius 1 is 0.818 bits per heavy atom. The lowest BCUT2D eigenvalue weighted by molar-refractivity contribution is 0.414. The lowest BCUT2D eigenvalue weighted by atomic mass is 10.1. The third kappa shape index (κ3) is 4.73. The van der Waals surface area contributed by atoms with Crippen molar-refractivity contribution in [3.63, 3.8) is 0 Å². The fourth-order valence-electron chi connectivity index (χ4n) is 6.22. The maximum absolute atomic E-state index is 13.6. The molecular formula is C33H32N6O4S. The van der Waals surface area contributed by atoms with E-state index in [1.807, 2.05) is 35.6 Å². The van der Waals surface area contributed by atoms with Crippen LogP contribution in [0.15, 0.2) is 96.2 Å². The van der Waals surface area contributed by atoms with E-state index in [-0.39, 0.29) is 16.9 Å². The van der Waals surface area contributed by atoms with Crippen LogP contribution in [0.3, 0.4) is 0 Å². The summed E-state index contributed by atoms with van der Waals surface area (Å²) < 4.78 is 41.1. The van der Waals surface area contributed by atoms with Gasteiger partial charge in [0, 0.05) is 29.5 Å². The molecule has 1 fully saturated rings. The van der Waals surface area contributed by atoms with E-state index in [1.165, 1.54) is 3.97 Å². The van der Waals surface area contributed by atoms with Crippen molar-refractivity contribution < 1.29 is 17.9 Å². The number of ether oxygens (including phenoxy) is 2. The highest BCUT2D eigenvalue weighted by Gasteiger charge is 2.34.